The third kappa shape index (κ3) is 2.48. The minimum absolute atomic E-state index is 0.127. The van der Waals surface area contributed by atoms with Crippen molar-refractivity contribution in [1.82, 2.24) is 0 Å². The third-order valence-electron chi connectivity index (χ3n) is 3.68. The Morgan fingerprint density at radius 1 is 1.20 bits per heavy atom. The number of hydrogen-bond donors (Lipinski definition) is 1. The first-order valence-corrected chi connectivity index (χ1v) is 7.79. The number of ether oxygens (including phenoxy) is 1. The van der Waals surface area contributed by atoms with Crippen LogP contribution in [-0.4, -0.2) is 11.2 Å². The number of aliphatic hydroxyl groups excluding tert-OH is 1. The van der Waals surface area contributed by atoms with Crippen LogP contribution in [0.15, 0.2) is 36.4 Å². The van der Waals surface area contributed by atoms with E-state index in [0.29, 0.717) is 0 Å². The van der Waals surface area contributed by atoms with E-state index < -0.39 is 6.10 Å². The Bertz CT molecular complexity index is 584. The van der Waals surface area contributed by atoms with Gasteiger partial charge in [-0.05, 0) is 29.2 Å². The molecule has 0 bridgehead atoms. The van der Waals surface area contributed by atoms with Gasteiger partial charge in [-0.3, -0.25) is 0 Å². The standard InChI is InChI=1S/C17H20O2S/c1-17(2,3)15-9-8-14(20-15)16(18)13-10-11-6-4-5-7-12(11)19-13/h4-9,13,16,18H,10H2,1-3H3. The fourth-order valence-corrected chi connectivity index (χ4v) is 3.59. The average molecular weight is 288 g/mol. The van der Waals surface area contributed by atoms with Crippen molar-refractivity contribution in [3.63, 3.8) is 0 Å². The maximum absolute atomic E-state index is 10.6. The largest absolute Gasteiger partial charge is 0.487 e. The van der Waals surface area contributed by atoms with Crippen molar-refractivity contribution in [3.05, 3.63) is 51.7 Å². The lowest BCUT2D eigenvalue weighted by Gasteiger charge is -2.18. The van der Waals surface area contributed by atoms with Gasteiger partial charge in [-0.15, -0.1) is 11.3 Å². The molecule has 2 nitrogen and oxygen atoms in total. The molecule has 1 aromatic heterocycles. The lowest BCUT2D eigenvalue weighted by molar-refractivity contribution is 0.0517. The lowest BCUT2D eigenvalue weighted by atomic mass is 9.95. The van der Waals surface area contributed by atoms with Gasteiger partial charge in [-0.25, -0.2) is 0 Å². The van der Waals surface area contributed by atoms with E-state index in [0.717, 1.165) is 17.0 Å². The summed E-state index contributed by atoms with van der Waals surface area (Å²) in [5.41, 5.74) is 1.31. The number of benzene rings is 1. The fraction of sp³-hybridized carbons (Fsp3) is 0.412. The highest BCUT2D eigenvalue weighted by Crippen LogP contribution is 2.38. The van der Waals surface area contributed by atoms with Crippen molar-refractivity contribution in [3.8, 4) is 5.75 Å². The molecule has 1 aliphatic heterocycles. The van der Waals surface area contributed by atoms with Gasteiger partial charge in [0.15, 0.2) is 0 Å². The van der Waals surface area contributed by atoms with Gasteiger partial charge in [0.25, 0.3) is 0 Å². The van der Waals surface area contributed by atoms with Gasteiger partial charge >= 0.3 is 0 Å². The molecule has 1 aromatic carbocycles. The van der Waals surface area contributed by atoms with Gasteiger partial charge in [0.2, 0.25) is 0 Å². The second-order valence-electron chi connectivity index (χ2n) is 6.37. The monoisotopic (exact) mass is 288 g/mol. The van der Waals surface area contributed by atoms with Crippen LogP contribution in [-0.2, 0) is 11.8 Å². The smallest absolute Gasteiger partial charge is 0.134 e. The first kappa shape index (κ1) is 13.7. The van der Waals surface area contributed by atoms with Gasteiger partial charge in [-0.1, -0.05) is 39.0 Å². The first-order chi connectivity index (χ1) is 9.45. The molecule has 0 saturated heterocycles. The molecule has 0 saturated carbocycles. The highest BCUT2D eigenvalue weighted by molar-refractivity contribution is 7.12. The quantitative estimate of drug-likeness (QED) is 0.902. The molecule has 0 amide bonds. The minimum Gasteiger partial charge on any atom is -0.487 e. The molecule has 2 unspecified atom stereocenters. The van der Waals surface area contributed by atoms with Gasteiger partial charge < -0.3 is 9.84 Å². The number of fused-ring (bicyclic) bond motifs is 1. The van der Waals surface area contributed by atoms with Gasteiger partial charge in [-0.2, -0.15) is 0 Å². The fourth-order valence-electron chi connectivity index (χ4n) is 2.48. The molecule has 20 heavy (non-hydrogen) atoms. The SMILES string of the molecule is CC(C)(C)c1ccc(C(O)C2Cc3ccccc3O2)s1. The van der Waals surface area contributed by atoms with Crippen LogP contribution in [0.25, 0.3) is 0 Å². The molecule has 0 radical (unpaired) electrons. The van der Waals surface area contributed by atoms with Crippen LogP contribution >= 0.6 is 11.3 Å². The highest BCUT2D eigenvalue weighted by atomic mass is 32.1. The predicted molar refractivity (Wildman–Crippen MR) is 82.5 cm³/mol. The Hall–Kier alpha value is -1.32. The zero-order chi connectivity index (χ0) is 14.3. The maximum Gasteiger partial charge on any atom is 0.134 e. The summed E-state index contributed by atoms with van der Waals surface area (Å²) in [5.74, 6) is 0.907. The minimum atomic E-state index is -0.552. The topological polar surface area (TPSA) is 29.5 Å². The first-order valence-electron chi connectivity index (χ1n) is 6.98. The summed E-state index contributed by atoms with van der Waals surface area (Å²) < 4.78 is 5.87. The second-order valence-corrected chi connectivity index (χ2v) is 7.48. The molecule has 0 fully saturated rings. The van der Waals surface area contributed by atoms with Crippen molar-refractivity contribution in [2.45, 2.75) is 44.8 Å². The molecule has 3 rings (SSSR count). The van der Waals surface area contributed by atoms with Crippen LogP contribution < -0.4 is 4.74 Å². The van der Waals surface area contributed by atoms with Crippen molar-refractivity contribution in [2.24, 2.45) is 0 Å². The van der Waals surface area contributed by atoms with Crippen molar-refractivity contribution in [2.75, 3.05) is 0 Å². The Balaban J connectivity index is 1.78. The molecular weight excluding hydrogens is 268 g/mol. The molecule has 3 heteroatoms. The van der Waals surface area contributed by atoms with Crippen LogP contribution in [0.4, 0.5) is 0 Å². The van der Waals surface area contributed by atoms with Crippen LogP contribution in [0.2, 0.25) is 0 Å². The Morgan fingerprint density at radius 3 is 2.60 bits per heavy atom. The summed E-state index contributed by atoms with van der Waals surface area (Å²) in [5, 5.41) is 10.6. The molecule has 1 aliphatic rings. The van der Waals surface area contributed by atoms with Gasteiger partial charge in [0, 0.05) is 16.2 Å². The number of rotatable bonds is 2. The summed E-state index contributed by atoms with van der Waals surface area (Å²) in [7, 11) is 0. The molecule has 0 spiro atoms. The Morgan fingerprint density at radius 2 is 1.95 bits per heavy atom. The number of hydrogen-bond acceptors (Lipinski definition) is 3. The van der Waals surface area contributed by atoms with Crippen molar-refractivity contribution in [1.29, 1.82) is 0 Å². The number of aliphatic hydroxyl groups is 1. The second kappa shape index (κ2) is 4.90. The van der Waals surface area contributed by atoms with E-state index in [1.165, 1.54) is 10.4 Å². The summed E-state index contributed by atoms with van der Waals surface area (Å²) in [6.45, 7) is 6.57. The van der Waals surface area contributed by atoms with E-state index in [1.807, 2.05) is 24.3 Å². The summed E-state index contributed by atoms with van der Waals surface area (Å²) in [6.07, 6.45) is 0.0578. The average Bonchev–Trinajstić information content (AvgIpc) is 3.04. The molecule has 2 aromatic rings. The van der Waals surface area contributed by atoms with E-state index in [9.17, 15) is 5.11 Å². The number of para-hydroxylation sites is 1. The van der Waals surface area contributed by atoms with E-state index in [-0.39, 0.29) is 11.5 Å². The zero-order valence-electron chi connectivity index (χ0n) is 12.1. The van der Waals surface area contributed by atoms with E-state index in [1.54, 1.807) is 11.3 Å². The van der Waals surface area contributed by atoms with Crippen LogP contribution in [0.5, 0.6) is 5.75 Å². The Kier molecular flexibility index (Phi) is 3.35. The maximum atomic E-state index is 10.6. The molecule has 0 aliphatic carbocycles. The zero-order valence-corrected chi connectivity index (χ0v) is 12.9. The molecule has 2 atom stereocenters. The number of thiophene rings is 1. The third-order valence-corrected chi connectivity index (χ3v) is 5.26. The lowest BCUT2D eigenvalue weighted by Crippen LogP contribution is -2.22. The van der Waals surface area contributed by atoms with Gasteiger partial charge in [0.05, 0.1) is 0 Å². The molecular formula is C17H20O2S. The van der Waals surface area contributed by atoms with E-state index >= 15 is 0 Å². The summed E-state index contributed by atoms with van der Waals surface area (Å²) in [4.78, 5) is 2.29. The summed E-state index contributed by atoms with van der Waals surface area (Å²) in [6, 6.07) is 12.2. The van der Waals surface area contributed by atoms with Crippen molar-refractivity contribution >= 4 is 11.3 Å². The van der Waals surface area contributed by atoms with Crippen LogP contribution in [0, 0.1) is 0 Å². The predicted octanol–water partition coefficient (Wildman–Crippen LogP) is 4.08. The van der Waals surface area contributed by atoms with Crippen molar-refractivity contribution < 1.29 is 9.84 Å². The Labute approximate surface area is 124 Å². The van der Waals surface area contributed by atoms with E-state index in [4.69, 9.17) is 4.74 Å². The van der Waals surface area contributed by atoms with Gasteiger partial charge in [0.1, 0.15) is 18.0 Å². The molecule has 1 N–H and O–H groups in total. The molecule has 106 valence electrons. The normalized spacial score (nSPS) is 19.5. The van der Waals surface area contributed by atoms with Crippen LogP contribution in [0.3, 0.4) is 0 Å². The van der Waals surface area contributed by atoms with Crippen LogP contribution in [0.1, 0.15) is 42.2 Å². The molecule has 2 heterocycles. The summed E-state index contributed by atoms with van der Waals surface area (Å²) >= 11 is 1.68. The highest BCUT2D eigenvalue weighted by Gasteiger charge is 2.31. The van der Waals surface area contributed by atoms with E-state index in [2.05, 4.69) is 32.9 Å².